The Morgan fingerprint density at radius 2 is 1.38 bits per heavy atom. The van der Waals surface area contributed by atoms with E-state index in [4.69, 9.17) is 24.4 Å². The maximum absolute atomic E-state index is 8.88. The molecule has 13 heavy (non-hydrogen) atoms. The van der Waals surface area contributed by atoms with Crippen LogP contribution in [0.2, 0.25) is 0 Å². The van der Waals surface area contributed by atoms with Crippen molar-refractivity contribution in [3.05, 3.63) is 0 Å². The molecule has 0 aliphatic carbocycles. The van der Waals surface area contributed by atoms with Gasteiger partial charge in [-0.15, -0.1) is 0 Å². The van der Waals surface area contributed by atoms with Crippen LogP contribution in [0, 0.1) is 0 Å². The molecule has 0 heterocycles. The molecule has 0 fully saturated rings. The first-order chi connectivity index (χ1) is 5.06. The standard InChI is InChI=1S/C5H14NO.Ca.H3O4P.2H/c1-6(2,3)4-5-7;;1-5(2,3)4;;/h7H,4-5H2,1-3H3;;(H3,1,2,3,4);;/q+1;;;;. The monoisotopic (exact) mass is 244 g/mol. The minimum atomic E-state index is -4.64. The summed E-state index contributed by atoms with van der Waals surface area (Å²) in [6.45, 7) is 1.11. The molecular formula is C5H19CaNO5P+. The Morgan fingerprint density at radius 1 is 1.15 bits per heavy atom. The molecule has 0 unspecified atom stereocenters. The van der Waals surface area contributed by atoms with Crippen molar-refractivity contribution in [2.24, 2.45) is 0 Å². The van der Waals surface area contributed by atoms with E-state index in [0.717, 1.165) is 11.0 Å². The molecule has 0 spiro atoms. The van der Waals surface area contributed by atoms with Crippen LogP contribution in [-0.2, 0) is 4.57 Å². The van der Waals surface area contributed by atoms with Gasteiger partial charge in [-0.05, 0) is 0 Å². The predicted molar refractivity (Wildman–Crippen MR) is 52.8 cm³/mol. The number of rotatable bonds is 2. The third-order valence-corrected chi connectivity index (χ3v) is 0.771. The summed E-state index contributed by atoms with van der Waals surface area (Å²) in [6, 6.07) is 0. The molecule has 4 N–H and O–H groups in total. The molecule has 0 aromatic heterocycles. The molecule has 0 radical (unpaired) electrons. The number of hydrogen-bond acceptors (Lipinski definition) is 2. The summed E-state index contributed by atoms with van der Waals surface area (Å²) in [5.74, 6) is 0. The fourth-order valence-corrected chi connectivity index (χ4v) is 0.300. The van der Waals surface area contributed by atoms with Gasteiger partial charge in [-0.2, -0.15) is 0 Å². The second-order valence-corrected chi connectivity index (χ2v) is 4.28. The van der Waals surface area contributed by atoms with Crippen LogP contribution in [0.5, 0.6) is 0 Å². The van der Waals surface area contributed by atoms with E-state index >= 15 is 0 Å². The van der Waals surface area contributed by atoms with Crippen molar-refractivity contribution in [1.29, 1.82) is 0 Å². The van der Waals surface area contributed by atoms with Gasteiger partial charge in [0.15, 0.2) is 0 Å². The van der Waals surface area contributed by atoms with Gasteiger partial charge < -0.3 is 24.3 Å². The molecule has 80 valence electrons. The summed E-state index contributed by atoms with van der Waals surface area (Å²) in [4.78, 5) is 21.6. The predicted octanol–water partition coefficient (Wildman–Crippen LogP) is -2.16. The second-order valence-electron chi connectivity index (χ2n) is 3.25. The van der Waals surface area contributed by atoms with E-state index in [2.05, 4.69) is 21.1 Å². The normalized spacial score (nSPS) is 11.0. The van der Waals surface area contributed by atoms with E-state index in [1.165, 1.54) is 0 Å². The fourth-order valence-electron chi connectivity index (χ4n) is 0.300. The SMILES string of the molecule is C[N+](C)(C)CCO.O=P(O)(O)O.[CaH2]. The number of aliphatic hydroxyl groups excluding tert-OH is 1. The van der Waals surface area contributed by atoms with Crippen LogP contribution in [0.4, 0.5) is 0 Å². The Bertz CT molecular complexity index is 145. The van der Waals surface area contributed by atoms with Crippen molar-refractivity contribution in [1.82, 2.24) is 0 Å². The maximum atomic E-state index is 8.88. The first-order valence-corrected chi connectivity index (χ1v) is 4.82. The third kappa shape index (κ3) is 60.5. The van der Waals surface area contributed by atoms with Gasteiger partial charge in [0, 0.05) is 0 Å². The van der Waals surface area contributed by atoms with Crippen LogP contribution >= 0.6 is 7.82 Å². The summed E-state index contributed by atoms with van der Waals surface area (Å²) in [7, 11) is 1.52. The Morgan fingerprint density at radius 3 is 1.38 bits per heavy atom. The van der Waals surface area contributed by atoms with Gasteiger partial charge in [0.05, 0.1) is 27.7 Å². The summed E-state index contributed by atoms with van der Waals surface area (Å²) in [6.07, 6.45) is 0. The quantitative estimate of drug-likeness (QED) is 0.252. The number of phosphoric acid groups is 1. The molecule has 0 saturated heterocycles. The number of nitrogens with zero attached hydrogens (tertiary/aromatic N) is 1. The molecule has 0 saturated carbocycles. The zero-order valence-electron chi connectivity index (χ0n) is 7.51. The van der Waals surface area contributed by atoms with Crippen LogP contribution in [0.15, 0.2) is 0 Å². The topological polar surface area (TPSA) is 98.0 Å². The molecule has 8 heteroatoms. The van der Waals surface area contributed by atoms with Gasteiger partial charge in [0.2, 0.25) is 0 Å². The Labute approximate surface area is 108 Å². The molecule has 0 aliphatic rings. The van der Waals surface area contributed by atoms with E-state index in [0.29, 0.717) is 0 Å². The third-order valence-electron chi connectivity index (χ3n) is 0.771. The Balaban J connectivity index is -0.000000150. The average molecular weight is 244 g/mol. The van der Waals surface area contributed by atoms with Crippen LogP contribution in [0.1, 0.15) is 0 Å². The van der Waals surface area contributed by atoms with Crippen molar-refractivity contribution in [3.8, 4) is 0 Å². The van der Waals surface area contributed by atoms with Crippen molar-refractivity contribution in [2.45, 2.75) is 0 Å². The summed E-state index contributed by atoms with van der Waals surface area (Å²) in [5.41, 5.74) is 0. The number of quaternary nitrogens is 1. The van der Waals surface area contributed by atoms with Gasteiger partial charge in [0.1, 0.15) is 6.54 Å². The molecule has 0 atom stereocenters. The minimum absolute atomic E-state index is 0. The van der Waals surface area contributed by atoms with E-state index < -0.39 is 7.82 Å². The van der Waals surface area contributed by atoms with Crippen LogP contribution < -0.4 is 0 Å². The van der Waals surface area contributed by atoms with Crippen LogP contribution in [0.25, 0.3) is 0 Å². The van der Waals surface area contributed by atoms with E-state index in [-0.39, 0.29) is 44.3 Å². The fraction of sp³-hybridized carbons (Fsp3) is 1.00. The van der Waals surface area contributed by atoms with Crippen molar-refractivity contribution >= 4 is 45.6 Å². The van der Waals surface area contributed by atoms with E-state index in [1.807, 2.05) is 0 Å². The van der Waals surface area contributed by atoms with Crippen LogP contribution in [0.3, 0.4) is 0 Å². The van der Waals surface area contributed by atoms with E-state index in [9.17, 15) is 0 Å². The van der Waals surface area contributed by atoms with E-state index in [1.54, 1.807) is 0 Å². The van der Waals surface area contributed by atoms with Crippen molar-refractivity contribution in [2.75, 3.05) is 34.3 Å². The van der Waals surface area contributed by atoms with Crippen LogP contribution in [-0.4, -0.2) is 96.3 Å². The summed E-state index contributed by atoms with van der Waals surface area (Å²) < 4.78 is 9.73. The number of aliphatic hydroxyl groups is 1. The van der Waals surface area contributed by atoms with Crippen molar-refractivity contribution in [3.63, 3.8) is 0 Å². The van der Waals surface area contributed by atoms with Gasteiger partial charge in [-0.25, -0.2) is 4.57 Å². The average Bonchev–Trinajstić information content (AvgIpc) is 1.54. The molecule has 6 nitrogen and oxygen atoms in total. The Kier molecular flexibility index (Phi) is 13.1. The number of likely N-dealkylation sites (N-methyl/N-ethyl adjacent to an activating group) is 1. The molecule has 0 aromatic carbocycles. The molecule has 0 aliphatic heterocycles. The van der Waals surface area contributed by atoms with Gasteiger partial charge >= 0.3 is 45.6 Å². The second kappa shape index (κ2) is 8.59. The zero-order chi connectivity index (χ0) is 10.4. The van der Waals surface area contributed by atoms with Crippen molar-refractivity contribution < 1.29 is 28.8 Å². The Hall–Kier alpha value is 1.29. The molecule has 0 bridgehead atoms. The van der Waals surface area contributed by atoms with Gasteiger partial charge in [0.25, 0.3) is 0 Å². The zero-order valence-corrected chi connectivity index (χ0v) is 8.40. The molecule has 0 aromatic rings. The van der Waals surface area contributed by atoms with Gasteiger partial charge in [-0.3, -0.25) is 0 Å². The first kappa shape index (κ1) is 19.8. The van der Waals surface area contributed by atoms with Gasteiger partial charge in [-0.1, -0.05) is 0 Å². The molecule has 0 amide bonds. The number of hydrogen-bond donors (Lipinski definition) is 4. The molecule has 0 rings (SSSR count). The molecular weight excluding hydrogens is 225 g/mol. The summed E-state index contributed by atoms with van der Waals surface area (Å²) in [5, 5.41) is 8.39. The summed E-state index contributed by atoms with van der Waals surface area (Å²) >= 11 is 0. The first-order valence-electron chi connectivity index (χ1n) is 3.26.